The molecule has 0 spiro atoms. The maximum Gasteiger partial charge on any atom is 0.323 e. The van der Waals surface area contributed by atoms with E-state index < -0.39 is 5.97 Å². The molecular formula is C13H21NO3. The maximum atomic E-state index is 12.4. The van der Waals surface area contributed by atoms with E-state index >= 15 is 0 Å². The van der Waals surface area contributed by atoms with Crippen molar-refractivity contribution < 1.29 is 14.7 Å². The lowest BCUT2D eigenvalue weighted by Gasteiger charge is -2.25. The molecule has 0 aromatic rings. The minimum Gasteiger partial charge on any atom is -0.480 e. The SMILES string of the molecule is CCCN(CC(=O)O)C(=O)C(C1CC1)C1CC1. The predicted octanol–water partition coefficient (Wildman–Crippen LogP) is 1.75. The first-order valence-electron chi connectivity index (χ1n) is 6.64. The first-order chi connectivity index (χ1) is 8.13. The number of carboxylic acid groups (broad SMARTS) is 1. The highest BCUT2D eigenvalue weighted by Crippen LogP contribution is 2.49. The van der Waals surface area contributed by atoms with Crippen LogP contribution in [0.1, 0.15) is 39.0 Å². The molecule has 17 heavy (non-hydrogen) atoms. The van der Waals surface area contributed by atoms with Gasteiger partial charge in [0.05, 0.1) is 0 Å². The Morgan fingerprint density at radius 3 is 2.12 bits per heavy atom. The Morgan fingerprint density at radius 2 is 1.76 bits per heavy atom. The van der Waals surface area contributed by atoms with Gasteiger partial charge in [0.15, 0.2) is 0 Å². The quantitative estimate of drug-likeness (QED) is 0.736. The molecule has 1 amide bonds. The van der Waals surface area contributed by atoms with Crippen LogP contribution in [0.4, 0.5) is 0 Å². The van der Waals surface area contributed by atoms with Crippen LogP contribution in [-0.2, 0) is 9.59 Å². The van der Waals surface area contributed by atoms with Crippen LogP contribution in [0.5, 0.6) is 0 Å². The summed E-state index contributed by atoms with van der Waals surface area (Å²) in [7, 11) is 0. The van der Waals surface area contributed by atoms with Gasteiger partial charge in [0, 0.05) is 12.5 Å². The maximum absolute atomic E-state index is 12.4. The van der Waals surface area contributed by atoms with E-state index in [1.807, 2.05) is 6.92 Å². The van der Waals surface area contributed by atoms with Gasteiger partial charge in [-0.3, -0.25) is 9.59 Å². The number of rotatable bonds is 7. The molecular weight excluding hydrogens is 218 g/mol. The average molecular weight is 239 g/mol. The van der Waals surface area contributed by atoms with Crippen LogP contribution >= 0.6 is 0 Å². The Kier molecular flexibility index (Phi) is 3.69. The molecule has 0 atom stereocenters. The van der Waals surface area contributed by atoms with Crippen LogP contribution in [0.2, 0.25) is 0 Å². The van der Waals surface area contributed by atoms with Crippen molar-refractivity contribution in [3.63, 3.8) is 0 Å². The van der Waals surface area contributed by atoms with Gasteiger partial charge in [0.25, 0.3) is 0 Å². The molecule has 2 aliphatic carbocycles. The minimum absolute atomic E-state index is 0.0965. The molecule has 0 aromatic heterocycles. The second-order valence-corrected chi connectivity index (χ2v) is 5.35. The molecule has 2 fully saturated rings. The fourth-order valence-corrected chi connectivity index (χ4v) is 2.61. The molecule has 1 N–H and O–H groups in total. The number of carbonyl (C=O) groups excluding carboxylic acids is 1. The van der Waals surface area contributed by atoms with Crippen molar-refractivity contribution in [3.05, 3.63) is 0 Å². The molecule has 2 saturated carbocycles. The number of carbonyl (C=O) groups is 2. The first-order valence-corrected chi connectivity index (χ1v) is 6.64. The van der Waals surface area contributed by atoms with Crippen LogP contribution in [0.15, 0.2) is 0 Å². The van der Waals surface area contributed by atoms with Crippen molar-refractivity contribution in [2.75, 3.05) is 13.1 Å². The van der Waals surface area contributed by atoms with E-state index in [0.29, 0.717) is 18.4 Å². The number of hydrogen-bond donors (Lipinski definition) is 1. The monoisotopic (exact) mass is 239 g/mol. The molecule has 0 saturated heterocycles. The predicted molar refractivity (Wildman–Crippen MR) is 63.4 cm³/mol. The molecule has 4 heteroatoms. The largest absolute Gasteiger partial charge is 0.480 e. The highest BCUT2D eigenvalue weighted by Gasteiger charge is 2.46. The van der Waals surface area contributed by atoms with Crippen LogP contribution in [0.25, 0.3) is 0 Å². The van der Waals surface area contributed by atoms with E-state index in [9.17, 15) is 9.59 Å². The van der Waals surface area contributed by atoms with E-state index in [1.165, 1.54) is 0 Å². The van der Waals surface area contributed by atoms with E-state index in [2.05, 4.69) is 0 Å². The van der Waals surface area contributed by atoms with Crippen LogP contribution in [-0.4, -0.2) is 35.0 Å². The summed E-state index contributed by atoms with van der Waals surface area (Å²) in [4.78, 5) is 24.7. The smallest absolute Gasteiger partial charge is 0.323 e. The van der Waals surface area contributed by atoms with E-state index in [1.54, 1.807) is 4.90 Å². The highest BCUT2D eigenvalue weighted by molar-refractivity contribution is 5.84. The summed E-state index contributed by atoms with van der Waals surface area (Å²) >= 11 is 0. The number of amides is 1. The third kappa shape index (κ3) is 3.20. The highest BCUT2D eigenvalue weighted by atomic mass is 16.4. The molecule has 0 aromatic carbocycles. The summed E-state index contributed by atoms with van der Waals surface area (Å²) in [6, 6.07) is 0. The van der Waals surface area contributed by atoms with E-state index in [-0.39, 0.29) is 18.4 Å². The molecule has 2 aliphatic rings. The Hall–Kier alpha value is -1.06. The average Bonchev–Trinajstić information content (AvgIpc) is 3.11. The van der Waals surface area contributed by atoms with Gasteiger partial charge in [-0.15, -0.1) is 0 Å². The first kappa shape index (κ1) is 12.4. The lowest BCUT2D eigenvalue weighted by molar-refractivity contribution is -0.147. The Balaban J connectivity index is 1.99. The van der Waals surface area contributed by atoms with Gasteiger partial charge in [-0.2, -0.15) is 0 Å². The molecule has 0 unspecified atom stereocenters. The van der Waals surface area contributed by atoms with Gasteiger partial charge in [0.1, 0.15) is 6.54 Å². The molecule has 96 valence electrons. The Bertz CT molecular complexity index is 296. The van der Waals surface area contributed by atoms with Gasteiger partial charge in [0.2, 0.25) is 5.91 Å². The second-order valence-electron chi connectivity index (χ2n) is 5.35. The van der Waals surface area contributed by atoms with Crippen molar-refractivity contribution in [2.45, 2.75) is 39.0 Å². The number of aliphatic carboxylic acids is 1. The van der Waals surface area contributed by atoms with Gasteiger partial charge in [-0.05, 0) is 43.9 Å². The van der Waals surface area contributed by atoms with E-state index in [0.717, 1.165) is 32.1 Å². The summed E-state index contributed by atoms with van der Waals surface area (Å²) in [5, 5.41) is 8.86. The zero-order valence-corrected chi connectivity index (χ0v) is 10.4. The number of hydrogen-bond acceptors (Lipinski definition) is 2. The zero-order chi connectivity index (χ0) is 12.4. The normalized spacial score (nSPS) is 19.4. The third-order valence-electron chi connectivity index (χ3n) is 3.68. The minimum atomic E-state index is -0.905. The summed E-state index contributed by atoms with van der Waals surface area (Å²) < 4.78 is 0. The molecule has 0 bridgehead atoms. The van der Waals surface area contributed by atoms with Crippen molar-refractivity contribution in [1.82, 2.24) is 4.90 Å². The standard InChI is InChI=1S/C13H21NO3/c1-2-7-14(8-11(15)16)13(17)12(9-3-4-9)10-5-6-10/h9-10,12H,2-8H2,1H3,(H,15,16). The van der Waals surface area contributed by atoms with Crippen molar-refractivity contribution in [3.8, 4) is 0 Å². The molecule has 4 nitrogen and oxygen atoms in total. The van der Waals surface area contributed by atoms with E-state index in [4.69, 9.17) is 5.11 Å². The summed E-state index contributed by atoms with van der Waals surface area (Å²) in [5.74, 6) is 0.406. The fraction of sp³-hybridized carbons (Fsp3) is 0.846. The third-order valence-corrected chi connectivity index (χ3v) is 3.68. The fourth-order valence-electron chi connectivity index (χ4n) is 2.61. The second kappa shape index (κ2) is 5.07. The molecule has 0 aliphatic heterocycles. The lowest BCUT2D eigenvalue weighted by atomic mass is 9.96. The Morgan fingerprint density at radius 1 is 1.24 bits per heavy atom. The topological polar surface area (TPSA) is 57.6 Å². The van der Waals surface area contributed by atoms with Crippen molar-refractivity contribution in [2.24, 2.45) is 17.8 Å². The van der Waals surface area contributed by atoms with Crippen LogP contribution < -0.4 is 0 Å². The van der Waals surface area contributed by atoms with Crippen molar-refractivity contribution >= 4 is 11.9 Å². The lowest BCUT2D eigenvalue weighted by Crippen LogP contribution is -2.41. The summed E-state index contributed by atoms with van der Waals surface area (Å²) in [6.07, 6.45) is 5.43. The van der Waals surface area contributed by atoms with Gasteiger partial charge < -0.3 is 10.0 Å². The van der Waals surface area contributed by atoms with Crippen molar-refractivity contribution in [1.29, 1.82) is 0 Å². The molecule has 2 rings (SSSR count). The molecule has 0 heterocycles. The molecule has 0 radical (unpaired) electrons. The van der Waals surface area contributed by atoms with Crippen LogP contribution in [0.3, 0.4) is 0 Å². The zero-order valence-electron chi connectivity index (χ0n) is 10.4. The van der Waals surface area contributed by atoms with Gasteiger partial charge in [-0.25, -0.2) is 0 Å². The Labute approximate surface area is 102 Å². The number of carboxylic acids is 1. The van der Waals surface area contributed by atoms with Crippen LogP contribution in [0, 0.1) is 17.8 Å². The van der Waals surface area contributed by atoms with Gasteiger partial charge in [-0.1, -0.05) is 6.92 Å². The summed E-state index contributed by atoms with van der Waals surface area (Å²) in [5.41, 5.74) is 0. The van der Waals surface area contributed by atoms with Gasteiger partial charge >= 0.3 is 5.97 Å². The summed E-state index contributed by atoms with van der Waals surface area (Å²) in [6.45, 7) is 2.41. The number of nitrogens with zero attached hydrogens (tertiary/aromatic N) is 1.